The largest absolute Gasteiger partial charge is 0.269 e. The molecule has 18 heavy (non-hydrogen) atoms. The van der Waals surface area contributed by atoms with E-state index in [2.05, 4.69) is 0 Å². The SMILES string of the molecule is CS(=O)(=O)N1CCc2ccc([N+](=O)[O-])cc2CC1. The second-order valence-electron chi connectivity index (χ2n) is 4.37. The van der Waals surface area contributed by atoms with Gasteiger partial charge in [0.1, 0.15) is 0 Å². The Morgan fingerprint density at radius 2 is 1.83 bits per heavy atom. The predicted octanol–water partition coefficient (Wildman–Crippen LogP) is 0.955. The van der Waals surface area contributed by atoms with E-state index in [9.17, 15) is 18.5 Å². The summed E-state index contributed by atoms with van der Waals surface area (Å²) in [5.41, 5.74) is 1.92. The van der Waals surface area contributed by atoms with Crippen molar-refractivity contribution >= 4 is 15.7 Å². The van der Waals surface area contributed by atoms with Gasteiger partial charge in [0.15, 0.2) is 0 Å². The van der Waals surface area contributed by atoms with Crippen molar-refractivity contribution in [2.24, 2.45) is 0 Å². The summed E-state index contributed by atoms with van der Waals surface area (Å²) in [6.45, 7) is 0.816. The number of rotatable bonds is 2. The Morgan fingerprint density at radius 1 is 1.22 bits per heavy atom. The van der Waals surface area contributed by atoms with Gasteiger partial charge in [0.2, 0.25) is 10.0 Å². The summed E-state index contributed by atoms with van der Waals surface area (Å²) in [7, 11) is -3.19. The Bertz CT molecular complexity index is 583. The molecule has 0 aromatic heterocycles. The number of hydrogen-bond acceptors (Lipinski definition) is 4. The minimum Gasteiger partial charge on any atom is -0.258 e. The fourth-order valence-electron chi connectivity index (χ4n) is 2.14. The Kier molecular flexibility index (Phi) is 3.36. The first-order valence-corrected chi connectivity index (χ1v) is 7.44. The third kappa shape index (κ3) is 2.68. The molecule has 6 nitrogen and oxygen atoms in total. The first-order valence-electron chi connectivity index (χ1n) is 5.59. The standard InChI is InChI=1S/C11H14N2O4S/c1-18(16,17)12-6-4-9-2-3-11(13(14)15)8-10(9)5-7-12/h2-3,8H,4-7H2,1H3. The van der Waals surface area contributed by atoms with Crippen molar-refractivity contribution < 1.29 is 13.3 Å². The number of fused-ring (bicyclic) bond motifs is 1. The highest BCUT2D eigenvalue weighted by Crippen LogP contribution is 2.22. The van der Waals surface area contributed by atoms with Crippen molar-refractivity contribution in [3.05, 3.63) is 39.4 Å². The average molecular weight is 270 g/mol. The first kappa shape index (κ1) is 13.0. The van der Waals surface area contributed by atoms with Crippen LogP contribution >= 0.6 is 0 Å². The molecule has 1 aromatic rings. The van der Waals surface area contributed by atoms with Gasteiger partial charge in [-0.05, 0) is 24.0 Å². The monoisotopic (exact) mass is 270 g/mol. The number of benzene rings is 1. The summed E-state index contributed by atoms with van der Waals surface area (Å²) >= 11 is 0. The molecular formula is C11H14N2O4S. The van der Waals surface area contributed by atoms with Crippen LogP contribution in [0.1, 0.15) is 11.1 Å². The van der Waals surface area contributed by atoms with Gasteiger partial charge in [0.05, 0.1) is 11.2 Å². The lowest BCUT2D eigenvalue weighted by atomic mass is 10.0. The molecule has 2 rings (SSSR count). The first-order chi connectivity index (χ1) is 8.38. The fourth-order valence-corrected chi connectivity index (χ4v) is 2.98. The lowest BCUT2D eigenvalue weighted by Crippen LogP contribution is -2.32. The predicted molar refractivity (Wildman–Crippen MR) is 66.9 cm³/mol. The molecular weight excluding hydrogens is 256 g/mol. The maximum atomic E-state index is 11.5. The number of nitro groups is 1. The molecule has 0 bridgehead atoms. The molecule has 7 heteroatoms. The lowest BCUT2D eigenvalue weighted by molar-refractivity contribution is -0.384. The molecule has 1 heterocycles. The van der Waals surface area contributed by atoms with Crippen molar-refractivity contribution in [1.29, 1.82) is 0 Å². The van der Waals surface area contributed by atoms with Crippen molar-refractivity contribution in [3.8, 4) is 0 Å². The van der Waals surface area contributed by atoms with E-state index in [0.29, 0.717) is 25.9 Å². The van der Waals surface area contributed by atoms with Crippen LogP contribution in [0.25, 0.3) is 0 Å². The molecule has 0 spiro atoms. The Balaban J connectivity index is 2.28. The number of hydrogen-bond donors (Lipinski definition) is 0. The molecule has 1 aliphatic heterocycles. The molecule has 0 atom stereocenters. The van der Waals surface area contributed by atoms with Gasteiger partial charge >= 0.3 is 0 Å². The minimum absolute atomic E-state index is 0.0570. The molecule has 0 fully saturated rings. The normalized spacial score (nSPS) is 16.9. The van der Waals surface area contributed by atoms with E-state index >= 15 is 0 Å². The number of nitro benzene ring substituents is 1. The van der Waals surface area contributed by atoms with Crippen LogP contribution in [-0.2, 0) is 22.9 Å². The third-order valence-corrected chi connectivity index (χ3v) is 4.43. The molecule has 1 aliphatic rings. The zero-order valence-corrected chi connectivity index (χ0v) is 10.8. The molecule has 0 radical (unpaired) electrons. The van der Waals surface area contributed by atoms with E-state index in [4.69, 9.17) is 0 Å². The molecule has 0 saturated heterocycles. The quantitative estimate of drug-likeness (QED) is 0.592. The third-order valence-electron chi connectivity index (χ3n) is 3.13. The summed E-state index contributed by atoms with van der Waals surface area (Å²) in [6.07, 6.45) is 2.30. The second kappa shape index (κ2) is 4.66. The van der Waals surface area contributed by atoms with E-state index in [1.807, 2.05) is 0 Å². The number of sulfonamides is 1. The zero-order chi connectivity index (χ0) is 13.3. The Hall–Kier alpha value is -1.47. The molecule has 1 aromatic carbocycles. The maximum Gasteiger partial charge on any atom is 0.269 e. The fraction of sp³-hybridized carbons (Fsp3) is 0.455. The van der Waals surface area contributed by atoms with E-state index in [1.54, 1.807) is 12.1 Å². The summed E-state index contributed by atoms with van der Waals surface area (Å²) in [6, 6.07) is 4.73. The van der Waals surface area contributed by atoms with Gasteiger partial charge in [-0.15, -0.1) is 0 Å². The van der Waals surface area contributed by atoms with Gasteiger partial charge in [0.25, 0.3) is 5.69 Å². The Labute approximate surface area is 105 Å². The van der Waals surface area contributed by atoms with Gasteiger partial charge in [-0.3, -0.25) is 10.1 Å². The average Bonchev–Trinajstić information content (AvgIpc) is 2.49. The number of non-ortho nitro benzene ring substituents is 1. The van der Waals surface area contributed by atoms with E-state index < -0.39 is 14.9 Å². The van der Waals surface area contributed by atoms with Crippen LogP contribution in [0, 0.1) is 10.1 Å². The molecule has 0 saturated carbocycles. The van der Waals surface area contributed by atoms with Crippen LogP contribution in [0.15, 0.2) is 18.2 Å². The van der Waals surface area contributed by atoms with E-state index in [-0.39, 0.29) is 5.69 Å². The summed E-state index contributed by atoms with van der Waals surface area (Å²) < 4.78 is 24.4. The molecule has 0 unspecified atom stereocenters. The number of nitrogens with zero attached hydrogens (tertiary/aromatic N) is 2. The lowest BCUT2D eigenvalue weighted by Gasteiger charge is -2.16. The Morgan fingerprint density at radius 3 is 2.39 bits per heavy atom. The molecule has 0 aliphatic carbocycles. The smallest absolute Gasteiger partial charge is 0.258 e. The van der Waals surface area contributed by atoms with Gasteiger partial charge in [-0.2, -0.15) is 0 Å². The molecule has 98 valence electrons. The van der Waals surface area contributed by atoms with Gasteiger partial charge in [0, 0.05) is 25.2 Å². The van der Waals surface area contributed by atoms with Crippen molar-refractivity contribution in [2.45, 2.75) is 12.8 Å². The highest BCUT2D eigenvalue weighted by atomic mass is 32.2. The van der Waals surface area contributed by atoms with Crippen molar-refractivity contribution in [3.63, 3.8) is 0 Å². The van der Waals surface area contributed by atoms with Gasteiger partial charge in [-0.25, -0.2) is 12.7 Å². The van der Waals surface area contributed by atoms with Crippen molar-refractivity contribution in [1.82, 2.24) is 4.31 Å². The van der Waals surface area contributed by atoms with Crippen LogP contribution in [0.4, 0.5) is 5.69 Å². The van der Waals surface area contributed by atoms with E-state index in [0.717, 1.165) is 11.1 Å². The van der Waals surface area contributed by atoms with Crippen molar-refractivity contribution in [2.75, 3.05) is 19.3 Å². The van der Waals surface area contributed by atoms with Crippen LogP contribution in [0.3, 0.4) is 0 Å². The van der Waals surface area contributed by atoms with Crippen LogP contribution in [0.5, 0.6) is 0 Å². The van der Waals surface area contributed by atoms with Crippen LogP contribution in [0.2, 0.25) is 0 Å². The van der Waals surface area contributed by atoms with Gasteiger partial charge < -0.3 is 0 Å². The van der Waals surface area contributed by atoms with E-state index in [1.165, 1.54) is 16.6 Å². The summed E-state index contributed by atoms with van der Waals surface area (Å²) in [5.74, 6) is 0. The minimum atomic E-state index is -3.19. The highest BCUT2D eigenvalue weighted by Gasteiger charge is 2.21. The van der Waals surface area contributed by atoms with Crippen LogP contribution in [-0.4, -0.2) is 37.0 Å². The molecule has 0 amide bonds. The zero-order valence-electron chi connectivity index (χ0n) is 10.00. The maximum absolute atomic E-state index is 11.5. The topological polar surface area (TPSA) is 80.5 Å². The summed E-state index contributed by atoms with van der Waals surface area (Å²) in [5, 5.41) is 10.7. The van der Waals surface area contributed by atoms with Crippen LogP contribution < -0.4 is 0 Å². The second-order valence-corrected chi connectivity index (χ2v) is 6.35. The summed E-state index contributed by atoms with van der Waals surface area (Å²) in [4.78, 5) is 10.3. The molecule has 0 N–H and O–H groups in total. The highest BCUT2D eigenvalue weighted by molar-refractivity contribution is 7.88. The van der Waals surface area contributed by atoms with Gasteiger partial charge in [-0.1, -0.05) is 6.07 Å².